The van der Waals surface area contributed by atoms with Gasteiger partial charge in [-0.1, -0.05) is 24.1 Å². The zero-order chi connectivity index (χ0) is 25.8. The number of anilines is 1. The van der Waals surface area contributed by atoms with E-state index < -0.39 is 5.91 Å². The first-order valence-electron chi connectivity index (χ1n) is 12.1. The van der Waals surface area contributed by atoms with Crippen molar-refractivity contribution in [2.45, 2.75) is 44.9 Å². The number of nitrogens with two attached hydrogens (primary N) is 1. The fourth-order valence-corrected chi connectivity index (χ4v) is 4.99. The Hall–Kier alpha value is -2.97. The van der Waals surface area contributed by atoms with E-state index in [2.05, 4.69) is 15.2 Å². The van der Waals surface area contributed by atoms with E-state index in [1.807, 2.05) is 25.1 Å². The molecular formula is C27H30ClFN4O2S. The molecule has 0 bridgehead atoms. The van der Waals surface area contributed by atoms with Crippen LogP contribution in [0.15, 0.2) is 36.5 Å². The van der Waals surface area contributed by atoms with E-state index >= 15 is 0 Å². The molecule has 1 aliphatic carbocycles. The Morgan fingerprint density at radius 2 is 1.94 bits per heavy atom. The van der Waals surface area contributed by atoms with Gasteiger partial charge in [-0.2, -0.15) is 0 Å². The molecule has 190 valence electrons. The molecule has 1 aliphatic heterocycles. The van der Waals surface area contributed by atoms with Crippen LogP contribution in [0.5, 0.6) is 5.75 Å². The van der Waals surface area contributed by atoms with Gasteiger partial charge < -0.3 is 20.7 Å². The van der Waals surface area contributed by atoms with Crippen LogP contribution in [-0.2, 0) is 0 Å². The Kier molecular flexibility index (Phi) is 8.26. The number of benzene rings is 2. The number of halogens is 2. The highest BCUT2D eigenvalue weighted by Gasteiger charge is 2.25. The summed E-state index contributed by atoms with van der Waals surface area (Å²) < 4.78 is 19.4. The van der Waals surface area contributed by atoms with E-state index in [9.17, 15) is 9.18 Å². The van der Waals surface area contributed by atoms with E-state index in [0.29, 0.717) is 28.0 Å². The maximum atomic E-state index is 14.3. The molecule has 1 saturated heterocycles. The first-order valence-corrected chi connectivity index (χ1v) is 12.9. The molecule has 2 aliphatic rings. The number of nitrogens with zero attached hydrogens (tertiary/aromatic N) is 2. The highest BCUT2D eigenvalue weighted by atomic mass is 35.5. The Balaban J connectivity index is 0.000000174. The van der Waals surface area contributed by atoms with Gasteiger partial charge in [0.05, 0.1) is 23.9 Å². The van der Waals surface area contributed by atoms with E-state index in [1.165, 1.54) is 13.5 Å². The second-order valence-electron chi connectivity index (χ2n) is 9.14. The van der Waals surface area contributed by atoms with Crippen molar-refractivity contribution in [2.24, 2.45) is 5.73 Å². The van der Waals surface area contributed by atoms with Crippen LogP contribution in [-0.4, -0.2) is 41.1 Å². The number of aromatic nitrogens is 1. The predicted octanol–water partition coefficient (Wildman–Crippen LogP) is 6.19. The maximum absolute atomic E-state index is 14.3. The maximum Gasteiger partial charge on any atom is 0.252 e. The number of thiocarbonyl (C=S) groups is 1. The fraction of sp³-hybridized carbons (Fsp3) is 0.370. The average molecular weight is 529 g/mol. The number of pyridine rings is 1. The summed E-state index contributed by atoms with van der Waals surface area (Å²) >= 11 is 11.5. The van der Waals surface area contributed by atoms with Crippen molar-refractivity contribution in [2.75, 3.05) is 25.5 Å². The summed E-state index contributed by atoms with van der Waals surface area (Å²) in [5.74, 6) is 0.0118. The van der Waals surface area contributed by atoms with Crippen molar-refractivity contribution < 1.29 is 13.9 Å². The molecule has 3 aromatic rings. The molecule has 0 radical (unpaired) electrons. The van der Waals surface area contributed by atoms with Gasteiger partial charge in [-0.15, -0.1) is 0 Å². The Labute approximate surface area is 221 Å². The monoisotopic (exact) mass is 528 g/mol. The second kappa shape index (κ2) is 11.4. The molecule has 0 unspecified atom stereocenters. The van der Waals surface area contributed by atoms with Crippen molar-refractivity contribution in [1.29, 1.82) is 0 Å². The first-order chi connectivity index (χ1) is 17.3. The summed E-state index contributed by atoms with van der Waals surface area (Å²) in [6, 6.07) is 9.03. The minimum atomic E-state index is -0.498. The summed E-state index contributed by atoms with van der Waals surface area (Å²) in [7, 11) is 1.50. The second-order valence-corrected chi connectivity index (χ2v) is 9.91. The molecule has 1 amide bonds. The summed E-state index contributed by atoms with van der Waals surface area (Å²) in [4.78, 5) is 17.6. The van der Waals surface area contributed by atoms with E-state index in [0.717, 1.165) is 60.8 Å². The molecule has 0 atom stereocenters. The van der Waals surface area contributed by atoms with Gasteiger partial charge in [0, 0.05) is 30.7 Å². The lowest BCUT2D eigenvalue weighted by Crippen LogP contribution is -2.32. The third kappa shape index (κ3) is 5.55. The fourth-order valence-electron chi connectivity index (χ4n) is 4.48. The quantitative estimate of drug-likeness (QED) is 0.393. The summed E-state index contributed by atoms with van der Waals surface area (Å²) in [6.07, 6.45) is 7.34. The number of amides is 1. The molecule has 36 heavy (non-hydrogen) atoms. The predicted molar refractivity (Wildman–Crippen MR) is 147 cm³/mol. The van der Waals surface area contributed by atoms with Crippen LogP contribution in [0.2, 0.25) is 5.02 Å². The zero-order valence-corrected chi connectivity index (χ0v) is 22.0. The van der Waals surface area contributed by atoms with Gasteiger partial charge in [0.2, 0.25) is 0 Å². The lowest BCUT2D eigenvalue weighted by Gasteiger charge is -2.27. The molecule has 5 rings (SSSR count). The summed E-state index contributed by atoms with van der Waals surface area (Å²) in [5.41, 5.74) is 8.84. The number of fused-ring (bicyclic) bond motifs is 1. The highest BCUT2D eigenvalue weighted by Crippen LogP contribution is 2.40. The van der Waals surface area contributed by atoms with Crippen molar-refractivity contribution in [3.8, 4) is 5.75 Å². The molecule has 3 N–H and O–H groups in total. The Morgan fingerprint density at radius 1 is 1.22 bits per heavy atom. The molecule has 6 nitrogen and oxygen atoms in total. The summed E-state index contributed by atoms with van der Waals surface area (Å²) in [6.45, 7) is 3.89. The standard InChI is InChI=1S/C15H18ClFN2S.C12H12N2O2/c16-13-12(18-15(20)19-8-1-2-9-19)7-6-11(14(13)17)10-4-3-5-10;1-7-3-4-14-10-6-11(16-2)9(12(13)15)5-8(7)10/h6-7,10H,1-5,8-9H2,(H,18,20);3-6H,1-2H3,(H2,13,15). The van der Waals surface area contributed by atoms with Crippen LogP contribution in [0.4, 0.5) is 10.1 Å². The normalized spacial score (nSPS) is 15.2. The number of carbonyl (C=O) groups excluding carboxylic acids is 1. The van der Waals surface area contributed by atoms with Crippen LogP contribution < -0.4 is 15.8 Å². The van der Waals surface area contributed by atoms with Crippen LogP contribution in [0, 0.1) is 12.7 Å². The summed E-state index contributed by atoms with van der Waals surface area (Å²) in [5, 5.41) is 4.80. The Bertz CT molecular complexity index is 1290. The number of aryl methyl sites for hydroxylation is 1. The van der Waals surface area contributed by atoms with Gasteiger partial charge in [0.25, 0.3) is 5.91 Å². The molecule has 2 heterocycles. The molecule has 9 heteroatoms. The van der Waals surface area contributed by atoms with Gasteiger partial charge in [-0.3, -0.25) is 9.78 Å². The average Bonchev–Trinajstić information content (AvgIpc) is 3.38. The molecule has 2 aromatic carbocycles. The topological polar surface area (TPSA) is 80.5 Å². The highest BCUT2D eigenvalue weighted by molar-refractivity contribution is 7.80. The number of hydrogen-bond donors (Lipinski definition) is 2. The minimum absolute atomic E-state index is 0.163. The van der Waals surface area contributed by atoms with Crippen LogP contribution in [0.1, 0.15) is 59.5 Å². The minimum Gasteiger partial charge on any atom is -0.496 e. The van der Waals surface area contributed by atoms with E-state index in [4.69, 9.17) is 34.3 Å². The lowest BCUT2D eigenvalue weighted by atomic mass is 9.80. The molecule has 0 spiro atoms. The van der Waals surface area contributed by atoms with Gasteiger partial charge in [-0.05, 0) is 80.1 Å². The van der Waals surface area contributed by atoms with Gasteiger partial charge in [0.1, 0.15) is 16.6 Å². The number of rotatable bonds is 4. The molecular weight excluding hydrogens is 499 g/mol. The molecule has 2 fully saturated rings. The van der Waals surface area contributed by atoms with E-state index in [-0.39, 0.29) is 10.8 Å². The number of methoxy groups -OCH3 is 1. The first kappa shape index (κ1) is 26.1. The van der Waals surface area contributed by atoms with Crippen LogP contribution in [0.3, 0.4) is 0 Å². The van der Waals surface area contributed by atoms with Crippen molar-refractivity contribution in [3.05, 3.63) is 64.1 Å². The SMILES string of the molecule is COc1cc2nccc(C)c2cc1C(N)=O.Fc1c(C2CCC2)ccc(NC(=S)N2CCCC2)c1Cl. The van der Waals surface area contributed by atoms with Crippen molar-refractivity contribution in [3.63, 3.8) is 0 Å². The third-order valence-corrected chi connectivity index (χ3v) is 7.57. The lowest BCUT2D eigenvalue weighted by molar-refractivity contribution is 0.0997. The van der Waals surface area contributed by atoms with Gasteiger partial charge >= 0.3 is 0 Å². The Morgan fingerprint density at radius 3 is 2.56 bits per heavy atom. The zero-order valence-electron chi connectivity index (χ0n) is 20.4. The van der Waals surface area contributed by atoms with Gasteiger partial charge in [0.15, 0.2) is 5.11 Å². The van der Waals surface area contributed by atoms with Crippen molar-refractivity contribution >= 4 is 51.4 Å². The van der Waals surface area contributed by atoms with E-state index in [1.54, 1.807) is 18.3 Å². The van der Waals surface area contributed by atoms with Crippen LogP contribution in [0.25, 0.3) is 10.9 Å². The third-order valence-electron chi connectivity index (χ3n) is 6.84. The number of nitrogens with one attached hydrogen (secondary N) is 1. The number of ether oxygens (including phenoxy) is 1. The van der Waals surface area contributed by atoms with Crippen LogP contribution >= 0.6 is 23.8 Å². The van der Waals surface area contributed by atoms with Gasteiger partial charge in [-0.25, -0.2) is 4.39 Å². The number of likely N-dealkylation sites (tertiary alicyclic amines) is 1. The van der Waals surface area contributed by atoms with Crippen molar-refractivity contribution in [1.82, 2.24) is 9.88 Å². The molecule has 1 saturated carbocycles. The largest absolute Gasteiger partial charge is 0.496 e. The molecule has 1 aromatic heterocycles. The number of primary amides is 1. The number of hydrogen-bond acceptors (Lipinski definition) is 4. The number of carbonyl (C=O) groups is 1. The smallest absolute Gasteiger partial charge is 0.252 e.